The largest absolute Gasteiger partial charge is 0.0622 e. The van der Waals surface area contributed by atoms with Crippen LogP contribution in [0.1, 0.15) is 99.9 Å². The van der Waals surface area contributed by atoms with Crippen molar-refractivity contribution < 1.29 is 0 Å². The molecule has 0 saturated heterocycles. The van der Waals surface area contributed by atoms with Gasteiger partial charge in [0.1, 0.15) is 0 Å². The third kappa shape index (κ3) is 6.65. The molecule has 15 rings (SSSR count). The van der Waals surface area contributed by atoms with Crippen molar-refractivity contribution in [2.75, 3.05) is 0 Å². The summed E-state index contributed by atoms with van der Waals surface area (Å²) in [5.74, 6) is 0. The topological polar surface area (TPSA) is 0 Å². The van der Waals surface area contributed by atoms with Gasteiger partial charge in [-0.2, -0.15) is 0 Å². The zero-order valence-electron chi connectivity index (χ0n) is 45.9. The number of benzene rings is 11. The van der Waals surface area contributed by atoms with Crippen molar-refractivity contribution in [3.05, 3.63) is 275 Å². The van der Waals surface area contributed by atoms with Gasteiger partial charge in [0.15, 0.2) is 0 Å². The Kier molecular flexibility index (Phi) is 9.86. The van der Waals surface area contributed by atoms with Crippen molar-refractivity contribution in [1.29, 1.82) is 0 Å². The first kappa shape index (κ1) is 46.7. The van der Waals surface area contributed by atoms with Crippen molar-refractivity contribution in [3.8, 4) is 111 Å². The molecular formula is C78H62. The predicted molar refractivity (Wildman–Crippen MR) is 329 cm³/mol. The van der Waals surface area contributed by atoms with E-state index in [1.807, 2.05) is 0 Å². The molecule has 0 fully saturated rings. The second-order valence-corrected chi connectivity index (χ2v) is 24.8. The minimum absolute atomic E-state index is 0.0499. The molecule has 0 radical (unpaired) electrons. The fraction of sp³-hybridized carbons (Fsp3) is 0.154. The van der Waals surface area contributed by atoms with Gasteiger partial charge in [0.25, 0.3) is 0 Å². The maximum Gasteiger partial charge on any atom is 0.0159 e. The van der Waals surface area contributed by atoms with Crippen LogP contribution in [0.2, 0.25) is 0 Å². The minimum Gasteiger partial charge on any atom is -0.0622 e. The zero-order valence-corrected chi connectivity index (χ0v) is 45.9. The van der Waals surface area contributed by atoms with Crippen LogP contribution in [0.25, 0.3) is 111 Å². The van der Waals surface area contributed by atoms with Gasteiger partial charge in [-0.15, -0.1) is 0 Å². The Morgan fingerprint density at radius 3 is 0.667 bits per heavy atom. The molecule has 0 amide bonds. The van der Waals surface area contributed by atoms with E-state index in [1.54, 1.807) is 0 Å². The molecule has 0 atom stereocenters. The lowest BCUT2D eigenvalue weighted by Crippen LogP contribution is -2.16. The van der Waals surface area contributed by atoms with Gasteiger partial charge in [-0.25, -0.2) is 0 Å². The SMILES string of the molecule is CC1(C)c2cc(-c3ccc4c(c3)C(C)(C)c3cc(-c5ccccc5-c5ccccc5)ccc3-4)ccc2-c2ccc(-c3ccc4c(c3)C(C)(C)c3cc(-c5ccccc5-c5ccc6c(c5)C(C)(C)c5ccccc5-6)ccc3-4)cc21. The summed E-state index contributed by atoms with van der Waals surface area (Å²) in [6, 6.07) is 87.9. The fourth-order valence-corrected chi connectivity index (χ4v) is 14.7. The Labute approximate surface area is 460 Å². The van der Waals surface area contributed by atoms with E-state index in [1.165, 1.54) is 156 Å². The summed E-state index contributed by atoms with van der Waals surface area (Å²) in [5, 5.41) is 0. The van der Waals surface area contributed by atoms with Gasteiger partial charge in [0, 0.05) is 21.7 Å². The maximum absolute atomic E-state index is 2.49. The molecular weight excluding hydrogens is 937 g/mol. The van der Waals surface area contributed by atoms with Crippen LogP contribution in [-0.4, -0.2) is 0 Å². The van der Waals surface area contributed by atoms with E-state index in [9.17, 15) is 0 Å². The molecule has 4 aliphatic rings. The number of hydrogen-bond donors (Lipinski definition) is 0. The van der Waals surface area contributed by atoms with Crippen molar-refractivity contribution in [2.45, 2.75) is 77.0 Å². The highest BCUT2D eigenvalue weighted by molar-refractivity contribution is 5.94. The monoisotopic (exact) mass is 998 g/mol. The molecule has 0 saturated carbocycles. The van der Waals surface area contributed by atoms with Crippen molar-refractivity contribution in [3.63, 3.8) is 0 Å². The van der Waals surface area contributed by atoms with Gasteiger partial charge in [0.05, 0.1) is 0 Å². The van der Waals surface area contributed by atoms with Crippen LogP contribution >= 0.6 is 0 Å². The van der Waals surface area contributed by atoms with E-state index in [2.05, 4.69) is 286 Å². The van der Waals surface area contributed by atoms with Gasteiger partial charge in [-0.3, -0.25) is 0 Å². The third-order valence-corrected chi connectivity index (χ3v) is 19.2. The molecule has 0 N–H and O–H groups in total. The summed E-state index contributed by atoms with van der Waals surface area (Å²) < 4.78 is 0. The zero-order chi connectivity index (χ0) is 53.0. The smallest absolute Gasteiger partial charge is 0.0159 e. The highest BCUT2D eigenvalue weighted by atomic mass is 14.4. The van der Waals surface area contributed by atoms with Crippen molar-refractivity contribution in [1.82, 2.24) is 0 Å². The van der Waals surface area contributed by atoms with E-state index in [-0.39, 0.29) is 21.7 Å². The summed E-state index contributed by atoms with van der Waals surface area (Å²) in [7, 11) is 0. The van der Waals surface area contributed by atoms with Gasteiger partial charge in [-0.1, -0.05) is 243 Å². The normalized spacial score (nSPS) is 15.6. The van der Waals surface area contributed by atoms with Gasteiger partial charge < -0.3 is 0 Å². The van der Waals surface area contributed by atoms with E-state index in [0.717, 1.165) is 0 Å². The van der Waals surface area contributed by atoms with Crippen molar-refractivity contribution >= 4 is 0 Å². The standard InChI is InChI=1S/C78H62/c1-75(2)67-25-17-16-24-59(67)60-37-30-53(44-72(60)75)57-22-14-15-23-58(57)54-32-39-66-64-36-29-51(43-71(64)78(7,8)74(66)46-54)49-27-34-62-61-33-26-48(40-68(61)76(3,4)69(62)41-49)50-28-35-63-65-38-31-52(45-73(65)77(5,6)70(63)42-50)56-21-13-12-20-55(56)47-18-10-9-11-19-47/h9-46H,1-8H3. The Balaban J connectivity index is 0.714. The Bertz CT molecular complexity index is 4360. The Hall–Kier alpha value is -8.58. The second-order valence-electron chi connectivity index (χ2n) is 24.8. The summed E-state index contributed by atoms with van der Waals surface area (Å²) in [6.07, 6.45) is 0. The van der Waals surface area contributed by atoms with E-state index < -0.39 is 0 Å². The summed E-state index contributed by atoms with van der Waals surface area (Å²) in [4.78, 5) is 0. The summed E-state index contributed by atoms with van der Waals surface area (Å²) >= 11 is 0. The molecule has 78 heavy (non-hydrogen) atoms. The molecule has 11 aromatic carbocycles. The Morgan fingerprint density at radius 1 is 0.154 bits per heavy atom. The van der Waals surface area contributed by atoms with E-state index in [4.69, 9.17) is 0 Å². The molecule has 0 nitrogen and oxygen atoms in total. The molecule has 0 spiro atoms. The molecule has 0 unspecified atom stereocenters. The molecule has 0 bridgehead atoms. The van der Waals surface area contributed by atoms with Crippen LogP contribution in [0, 0.1) is 0 Å². The maximum atomic E-state index is 2.49. The Morgan fingerprint density at radius 2 is 0.359 bits per heavy atom. The third-order valence-electron chi connectivity index (χ3n) is 19.2. The van der Waals surface area contributed by atoms with Crippen LogP contribution in [0.15, 0.2) is 231 Å². The highest BCUT2D eigenvalue weighted by Crippen LogP contribution is 2.56. The number of hydrogen-bond acceptors (Lipinski definition) is 0. The van der Waals surface area contributed by atoms with Crippen LogP contribution in [-0.2, 0) is 21.7 Å². The first-order valence-electron chi connectivity index (χ1n) is 28.1. The van der Waals surface area contributed by atoms with Gasteiger partial charge in [0.2, 0.25) is 0 Å². The number of rotatable bonds is 6. The first-order valence-corrected chi connectivity index (χ1v) is 28.1. The molecule has 11 aromatic rings. The average Bonchev–Trinajstić information content (AvgIpc) is 4.13. The number of fused-ring (bicyclic) bond motifs is 12. The molecule has 0 aliphatic heterocycles. The molecule has 374 valence electrons. The molecule has 0 aromatic heterocycles. The summed E-state index contributed by atoms with van der Waals surface area (Å²) in [6.45, 7) is 19.2. The predicted octanol–water partition coefficient (Wildman–Crippen LogP) is 20.9. The molecule has 0 heterocycles. The van der Waals surface area contributed by atoms with Crippen LogP contribution in [0.3, 0.4) is 0 Å². The van der Waals surface area contributed by atoms with E-state index in [0.29, 0.717) is 0 Å². The second kappa shape index (κ2) is 16.5. The van der Waals surface area contributed by atoms with Crippen molar-refractivity contribution in [2.24, 2.45) is 0 Å². The minimum atomic E-state index is -0.176. The van der Waals surface area contributed by atoms with Crippen LogP contribution in [0.4, 0.5) is 0 Å². The average molecular weight is 999 g/mol. The van der Waals surface area contributed by atoms with Gasteiger partial charge in [-0.05, 0) is 198 Å². The fourth-order valence-electron chi connectivity index (χ4n) is 14.7. The first-order chi connectivity index (χ1) is 37.7. The molecule has 4 aliphatic carbocycles. The molecule has 0 heteroatoms. The van der Waals surface area contributed by atoms with Crippen LogP contribution < -0.4 is 0 Å². The van der Waals surface area contributed by atoms with Gasteiger partial charge >= 0.3 is 0 Å². The quantitative estimate of drug-likeness (QED) is 0.156. The summed E-state index contributed by atoms with van der Waals surface area (Å²) in [5.41, 5.74) is 36.6. The lowest BCUT2D eigenvalue weighted by molar-refractivity contribution is 0.659. The lowest BCUT2D eigenvalue weighted by atomic mass is 9.79. The highest BCUT2D eigenvalue weighted by Gasteiger charge is 2.40. The van der Waals surface area contributed by atoms with E-state index >= 15 is 0 Å². The van der Waals surface area contributed by atoms with Crippen LogP contribution in [0.5, 0.6) is 0 Å². The lowest BCUT2D eigenvalue weighted by Gasteiger charge is -2.24.